The Morgan fingerprint density at radius 1 is 1.10 bits per heavy atom. The SMILES string of the molecule is CCNC(C)c1cc(Br)ccc1Oc1ccccc1Br. The third kappa shape index (κ3) is 3.84. The lowest BCUT2D eigenvalue weighted by Gasteiger charge is -2.18. The Morgan fingerprint density at radius 3 is 2.55 bits per heavy atom. The van der Waals surface area contributed by atoms with Crippen molar-refractivity contribution in [3.63, 3.8) is 0 Å². The van der Waals surface area contributed by atoms with Gasteiger partial charge in [0.25, 0.3) is 0 Å². The number of benzene rings is 2. The van der Waals surface area contributed by atoms with Crippen molar-refractivity contribution in [3.05, 3.63) is 57.0 Å². The van der Waals surface area contributed by atoms with Gasteiger partial charge in [-0.1, -0.05) is 35.0 Å². The van der Waals surface area contributed by atoms with Crippen LogP contribution in [0, 0.1) is 0 Å². The molecule has 2 aromatic rings. The van der Waals surface area contributed by atoms with Gasteiger partial charge in [-0.2, -0.15) is 0 Å². The quantitative estimate of drug-likeness (QED) is 0.699. The Balaban J connectivity index is 2.34. The summed E-state index contributed by atoms with van der Waals surface area (Å²) in [5.41, 5.74) is 1.14. The minimum absolute atomic E-state index is 0.231. The van der Waals surface area contributed by atoms with Gasteiger partial charge in [0.1, 0.15) is 11.5 Å². The fourth-order valence-corrected chi connectivity index (χ4v) is 2.76. The molecular weight excluding hydrogens is 382 g/mol. The Kier molecular flexibility index (Phi) is 5.64. The zero-order valence-corrected chi connectivity index (χ0v) is 14.7. The second-order valence-electron chi connectivity index (χ2n) is 4.49. The van der Waals surface area contributed by atoms with E-state index in [2.05, 4.69) is 57.1 Å². The van der Waals surface area contributed by atoms with Crippen molar-refractivity contribution < 1.29 is 4.74 Å². The highest BCUT2D eigenvalue weighted by molar-refractivity contribution is 9.10. The molecule has 0 saturated carbocycles. The molecule has 0 saturated heterocycles. The first-order valence-electron chi connectivity index (χ1n) is 6.57. The number of ether oxygens (including phenoxy) is 1. The van der Waals surface area contributed by atoms with Crippen molar-refractivity contribution in [2.45, 2.75) is 19.9 Å². The van der Waals surface area contributed by atoms with Crippen molar-refractivity contribution in [2.75, 3.05) is 6.54 Å². The lowest BCUT2D eigenvalue weighted by Crippen LogP contribution is -2.18. The van der Waals surface area contributed by atoms with E-state index in [-0.39, 0.29) is 6.04 Å². The first-order valence-corrected chi connectivity index (χ1v) is 8.15. The molecule has 0 heterocycles. The van der Waals surface area contributed by atoms with Gasteiger partial charge in [0, 0.05) is 16.1 Å². The summed E-state index contributed by atoms with van der Waals surface area (Å²) in [5.74, 6) is 1.69. The molecule has 4 heteroatoms. The summed E-state index contributed by atoms with van der Waals surface area (Å²) in [6.45, 7) is 5.16. The fraction of sp³-hybridized carbons (Fsp3) is 0.250. The predicted octanol–water partition coefficient (Wildman–Crippen LogP) is 5.67. The van der Waals surface area contributed by atoms with Crippen LogP contribution < -0.4 is 10.1 Å². The molecule has 0 aromatic heterocycles. The highest BCUT2D eigenvalue weighted by atomic mass is 79.9. The van der Waals surface area contributed by atoms with Crippen molar-refractivity contribution in [1.29, 1.82) is 0 Å². The summed E-state index contributed by atoms with van der Waals surface area (Å²) in [4.78, 5) is 0. The second kappa shape index (κ2) is 7.25. The zero-order chi connectivity index (χ0) is 14.5. The number of nitrogens with one attached hydrogen (secondary N) is 1. The van der Waals surface area contributed by atoms with Crippen LogP contribution >= 0.6 is 31.9 Å². The third-order valence-corrected chi connectivity index (χ3v) is 4.15. The van der Waals surface area contributed by atoms with Gasteiger partial charge < -0.3 is 10.1 Å². The lowest BCUT2D eigenvalue weighted by atomic mass is 10.1. The summed E-state index contributed by atoms with van der Waals surface area (Å²) in [6.07, 6.45) is 0. The third-order valence-electron chi connectivity index (χ3n) is 3.01. The van der Waals surface area contributed by atoms with Gasteiger partial charge in [0.2, 0.25) is 0 Å². The predicted molar refractivity (Wildman–Crippen MR) is 90.4 cm³/mol. The smallest absolute Gasteiger partial charge is 0.141 e. The van der Waals surface area contributed by atoms with Gasteiger partial charge >= 0.3 is 0 Å². The van der Waals surface area contributed by atoms with E-state index in [0.717, 1.165) is 32.6 Å². The molecule has 0 aliphatic heterocycles. The van der Waals surface area contributed by atoms with Crippen LogP contribution in [0.25, 0.3) is 0 Å². The standard InChI is InChI=1S/C16H17Br2NO/c1-3-19-11(2)13-10-12(17)8-9-15(13)20-16-7-5-4-6-14(16)18/h4-11,19H,3H2,1-2H3. The van der Waals surface area contributed by atoms with E-state index >= 15 is 0 Å². The summed E-state index contributed by atoms with van der Waals surface area (Å²) in [6, 6.07) is 14.2. The highest BCUT2D eigenvalue weighted by Crippen LogP contribution is 2.35. The number of para-hydroxylation sites is 1. The molecule has 1 unspecified atom stereocenters. The van der Waals surface area contributed by atoms with Crippen LogP contribution in [0.2, 0.25) is 0 Å². The van der Waals surface area contributed by atoms with E-state index in [9.17, 15) is 0 Å². The summed E-state index contributed by atoms with van der Waals surface area (Å²) >= 11 is 7.03. The number of hydrogen-bond donors (Lipinski definition) is 1. The van der Waals surface area contributed by atoms with E-state index < -0.39 is 0 Å². The topological polar surface area (TPSA) is 21.3 Å². The van der Waals surface area contributed by atoms with Crippen LogP contribution in [0.4, 0.5) is 0 Å². The molecule has 2 rings (SSSR count). The molecule has 2 aromatic carbocycles. The van der Waals surface area contributed by atoms with Crippen LogP contribution in [0.1, 0.15) is 25.5 Å². The molecule has 0 spiro atoms. The second-order valence-corrected chi connectivity index (χ2v) is 6.26. The minimum atomic E-state index is 0.231. The fourth-order valence-electron chi connectivity index (χ4n) is 2.01. The molecule has 2 nitrogen and oxygen atoms in total. The highest BCUT2D eigenvalue weighted by Gasteiger charge is 2.13. The average Bonchev–Trinajstić information content (AvgIpc) is 2.43. The van der Waals surface area contributed by atoms with E-state index in [4.69, 9.17) is 4.74 Å². The summed E-state index contributed by atoms with van der Waals surface area (Å²) in [5, 5.41) is 3.42. The molecule has 0 aliphatic rings. The maximum Gasteiger partial charge on any atom is 0.141 e. The van der Waals surface area contributed by atoms with Crippen molar-refractivity contribution in [3.8, 4) is 11.5 Å². The molecule has 106 valence electrons. The number of rotatable bonds is 5. The van der Waals surface area contributed by atoms with Gasteiger partial charge in [-0.05, 0) is 59.7 Å². The summed E-state index contributed by atoms with van der Waals surface area (Å²) < 4.78 is 8.06. The Morgan fingerprint density at radius 2 is 1.85 bits per heavy atom. The maximum absolute atomic E-state index is 6.06. The van der Waals surface area contributed by atoms with Crippen molar-refractivity contribution >= 4 is 31.9 Å². The number of halogens is 2. The van der Waals surface area contributed by atoms with Gasteiger partial charge in [0.15, 0.2) is 0 Å². The molecule has 20 heavy (non-hydrogen) atoms. The van der Waals surface area contributed by atoms with Gasteiger partial charge in [0.05, 0.1) is 4.47 Å². The first-order chi connectivity index (χ1) is 9.61. The van der Waals surface area contributed by atoms with E-state index in [1.807, 2.05) is 36.4 Å². The van der Waals surface area contributed by atoms with Gasteiger partial charge in [-0.15, -0.1) is 0 Å². The van der Waals surface area contributed by atoms with Crippen molar-refractivity contribution in [1.82, 2.24) is 5.32 Å². The van der Waals surface area contributed by atoms with E-state index in [1.54, 1.807) is 0 Å². The molecule has 1 N–H and O–H groups in total. The molecular formula is C16H17Br2NO. The first kappa shape index (κ1) is 15.5. The Hall–Kier alpha value is -0.840. The normalized spacial score (nSPS) is 12.2. The average molecular weight is 399 g/mol. The largest absolute Gasteiger partial charge is 0.456 e. The minimum Gasteiger partial charge on any atom is -0.456 e. The Labute approximate surface area is 136 Å². The zero-order valence-electron chi connectivity index (χ0n) is 11.5. The van der Waals surface area contributed by atoms with Crippen molar-refractivity contribution in [2.24, 2.45) is 0 Å². The summed E-state index contributed by atoms with van der Waals surface area (Å²) in [7, 11) is 0. The molecule has 0 radical (unpaired) electrons. The van der Waals surface area contributed by atoms with E-state index in [1.165, 1.54) is 0 Å². The molecule has 0 aliphatic carbocycles. The number of hydrogen-bond acceptors (Lipinski definition) is 2. The monoisotopic (exact) mass is 397 g/mol. The van der Waals surface area contributed by atoms with E-state index in [0.29, 0.717) is 0 Å². The molecule has 0 amide bonds. The molecule has 0 bridgehead atoms. The van der Waals surface area contributed by atoms with Gasteiger partial charge in [-0.25, -0.2) is 0 Å². The lowest BCUT2D eigenvalue weighted by molar-refractivity contribution is 0.460. The van der Waals surface area contributed by atoms with Crippen LogP contribution in [0.3, 0.4) is 0 Å². The maximum atomic E-state index is 6.06. The Bertz CT molecular complexity index is 586. The molecule has 0 fully saturated rings. The van der Waals surface area contributed by atoms with Gasteiger partial charge in [-0.3, -0.25) is 0 Å². The molecule has 1 atom stereocenters. The van der Waals surface area contributed by atoms with Crippen LogP contribution in [0.5, 0.6) is 11.5 Å². The van der Waals surface area contributed by atoms with Crippen LogP contribution in [-0.4, -0.2) is 6.54 Å². The van der Waals surface area contributed by atoms with Crippen LogP contribution in [-0.2, 0) is 0 Å². The van der Waals surface area contributed by atoms with Crippen LogP contribution in [0.15, 0.2) is 51.4 Å².